The van der Waals surface area contributed by atoms with Crippen molar-refractivity contribution in [3.8, 4) is 5.82 Å². The normalized spacial score (nSPS) is 11.9. The van der Waals surface area contributed by atoms with E-state index in [1.54, 1.807) is 59.8 Å². The van der Waals surface area contributed by atoms with Crippen molar-refractivity contribution in [2.45, 2.75) is 0 Å². The number of allylic oxidation sites excluding steroid dienone is 3. The summed E-state index contributed by atoms with van der Waals surface area (Å²) in [5.41, 5.74) is 7.36. The third-order valence-corrected chi connectivity index (χ3v) is 3.67. The fraction of sp³-hybridized carbons (Fsp3) is 0. The van der Waals surface area contributed by atoms with Crippen LogP contribution in [0.2, 0.25) is 0 Å². The third kappa shape index (κ3) is 4.13. The molecule has 1 amide bonds. The van der Waals surface area contributed by atoms with Crippen molar-refractivity contribution in [2.24, 2.45) is 5.73 Å². The smallest absolute Gasteiger partial charge is 0.259 e. The van der Waals surface area contributed by atoms with Gasteiger partial charge in [-0.3, -0.25) is 19.1 Å². The number of pyridine rings is 2. The number of hydrogen-bond donors (Lipinski definition) is 2. The number of hydrogen-bond acceptors (Lipinski definition) is 6. The number of nitrogens with two attached hydrogens (primary N) is 1. The Labute approximate surface area is 155 Å². The molecule has 0 aliphatic carbocycles. The molecule has 3 aromatic rings. The Bertz CT molecular complexity index is 994. The predicted molar refractivity (Wildman–Crippen MR) is 99.4 cm³/mol. The molecule has 0 aliphatic heterocycles. The molecule has 27 heavy (non-hydrogen) atoms. The van der Waals surface area contributed by atoms with Crippen molar-refractivity contribution >= 4 is 17.8 Å². The van der Waals surface area contributed by atoms with Crippen LogP contribution in [0, 0.1) is 0 Å². The number of carbonyl (C=O) groups excluding carboxylic acids is 2. The van der Waals surface area contributed by atoms with Gasteiger partial charge >= 0.3 is 0 Å². The number of imidazole rings is 1. The highest BCUT2D eigenvalue weighted by atomic mass is 16.2. The van der Waals surface area contributed by atoms with Crippen LogP contribution in [0.5, 0.6) is 0 Å². The molecule has 0 fully saturated rings. The molecule has 0 atom stereocenters. The quantitative estimate of drug-likeness (QED) is 0.391. The van der Waals surface area contributed by atoms with E-state index in [1.807, 2.05) is 0 Å². The van der Waals surface area contributed by atoms with E-state index in [9.17, 15) is 9.59 Å². The van der Waals surface area contributed by atoms with Crippen molar-refractivity contribution in [1.82, 2.24) is 24.8 Å². The zero-order valence-corrected chi connectivity index (χ0v) is 14.2. The number of nitrogens with zero attached hydrogens (tertiary/aromatic N) is 4. The SMILES string of the molecule is N/C=C(\C=C(/C=O)NC(=O)c1cccnc1-n1ccnc1)c1ccncc1. The van der Waals surface area contributed by atoms with Gasteiger partial charge in [-0.15, -0.1) is 0 Å². The number of amides is 1. The molecule has 134 valence electrons. The van der Waals surface area contributed by atoms with Crippen LogP contribution in [0.3, 0.4) is 0 Å². The van der Waals surface area contributed by atoms with Gasteiger partial charge in [0.25, 0.3) is 5.91 Å². The number of aldehydes is 1. The zero-order valence-electron chi connectivity index (χ0n) is 14.2. The highest BCUT2D eigenvalue weighted by Crippen LogP contribution is 2.15. The molecule has 0 aromatic carbocycles. The molecule has 3 N–H and O–H groups in total. The van der Waals surface area contributed by atoms with Crippen LogP contribution >= 0.6 is 0 Å². The summed E-state index contributed by atoms with van der Waals surface area (Å²) in [6, 6.07) is 6.75. The van der Waals surface area contributed by atoms with Crippen molar-refractivity contribution < 1.29 is 9.59 Å². The first-order valence-corrected chi connectivity index (χ1v) is 7.97. The van der Waals surface area contributed by atoms with Crippen LogP contribution in [-0.2, 0) is 4.79 Å². The highest BCUT2D eigenvalue weighted by Gasteiger charge is 2.15. The maximum absolute atomic E-state index is 12.7. The molecule has 0 radical (unpaired) electrons. The monoisotopic (exact) mass is 360 g/mol. The summed E-state index contributed by atoms with van der Waals surface area (Å²) < 4.78 is 1.61. The van der Waals surface area contributed by atoms with E-state index in [0.29, 0.717) is 23.2 Å². The molecule has 0 aliphatic rings. The average molecular weight is 360 g/mol. The summed E-state index contributed by atoms with van der Waals surface area (Å²) >= 11 is 0. The molecular formula is C19H16N6O2. The third-order valence-electron chi connectivity index (χ3n) is 3.67. The Kier molecular flexibility index (Phi) is 5.48. The van der Waals surface area contributed by atoms with Gasteiger partial charge in [-0.25, -0.2) is 9.97 Å². The first kappa shape index (κ1) is 17.7. The lowest BCUT2D eigenvalue weighted by Crippen LogP contribution is -2.25. The van der Waals surface area contributed by atoms with Crippen LogP contribution < -0.4 is 11.1 Å². The summed E-state index contributed by atoms with van der Waals surface area (Å²) in [5.74, 6) is -0.0716. The minimum Gasteiger partial charge on any atom is -0.404 e. The van der Waals surface area contributed by atoms with Crippen LogP contribution in [0.25, 0.3) is 11.4 Å². The number of carbonyl (C=O) groups is 2. The second-order valence-electron chi connectivity index (χ2n) is 5.37. The maximum Gasteiger partial charge on any atom is 0.259 e. The van der Waals surface area contributed by atoms with Gasteiger partial charge in [0.05, 0.1) is 11.3 Å². The molecule has 3 heterocycles. The zero-order chi connectivity index (χ0) is 19.1. The molecular weight excluding hydrogens is 344 g/mol. The highest BCUT2D eigenvalue weighted by molar-refractivity contribution is 6.01. The van der Waals surface area contributed by atoms with E-state index in [4.69, 9.17) is 5.73 Å². The van der Waals surface area contributed by atoms with Crippen LogP contribution in [-0.4, -0.2) is 31.7 Å². The fourth-order valence-electron chi connectivity index (χ4n) is 2.40. The average Bonchev–Trinajstić information content (AvgIpc) is 3.26. The first-order valence-electron chi connectivity index (χ1n) is 7.97. The van der Waals surface area contributed by atoms with Crippen molar-refractivity contribution in [3.05, 3.63) is 90.7 Å². The van der Waals surface area contributed by atoms with Crippen LogP contribution in [0.15, 0.2) is 79.6 Å². The summed E-state index contributed by atoms with van der Waals surface area (Å²) in [5, 5.41) is 2.59. The Morgan fingerprint density at radius 3 is 2.59 bits per heavy atom. The molecule has 3 rings (SSSR count). The molecule has 8 heteroatoms. The minimum absolute atomic E-state index is 0.0638. The first-order chi connectivity index (χ1) is 13.2. The Morgan fingerprint density at radius 2 is 1.93 bits per heavy atom. The van der Waals surface area contributed by atoms with Crippen molar-refractivity contribution in [1.29, 1.82) is 0 Å². The molecule has 0 saturated carbocycles. The summed E-state index contributed by atoms with van der Waals surface area (Å²) in [4.78, 5) is 36.3. The predicted octanol–water partition coefficient (Wildman–Crippen LogP) is 1.47. The van der Waals surface area contributed by atoms with E-state index >= 15 is 0 Å². The van der Waals surface area contributed by atoms with Gasteiger partial charge in [-0.05, 0) is 41.5 Å². The van der Waals surface area contributed by atoms with Gasteiger partial charge < -0.3 is 11.1 Å². The van der Waals surface area contributed by atoms with Gasteiger partial charge in [0, 0.05) is 37.2 Å². The lowest BCUT2D eigenvalue weighted by molar-refractivity contribution is -0.105. The Balaban J connectivity index is 1.88. The summed E-state index contributed by atoms with van der Waals surface area (Å²) in [6.07, 6.45) is 13.0. The Morgan fingerprint density at radius 1 is 1.11 bits per heavy atom. The van der Waals surface area contributed by atoms with Gasteiger partial charge in [-0.1, -0.05) is 0 Å². The number of aromatic nitrogens is 4. The molecule has 0 bridgehead atoms. The topological polar surface area (TPSA) is 116 Å². The van der Waals surface area contributed by atoms with Crippen molar-refractivity contribution in [3.63, 3.8) is 0 Å². The molecule has 0 spiro atoms. The summed E-state index contributed by atoms with van der Waals surface area (Å²) in [7, 11) is 0. The second-order valence-corrected chi connectivity index (χ2v) is 5.37. The van der Waals surface area contributed by atoms with Gasteiger partial charge in [0.2, 0.25) is 0 Å². The number of nitrogens with one attached hydrogen (secondary N) is 1. The van der Waals surface area contributed by atoms with Crippen LogP contribution in [0.4, 0.5) is 0 Å². The van der Waals surface area contributed by atoms with E-state index in [2.05, 4.69) is 20.3 Å². The molecule has 8 nitrogen and oxygen atoms in total. The van der Waals surface area contributed by atoms with E-state index < -0.39 is 5.91 Å². The Hall–Kier alpha value is -4.07. The number of rotatable bonds is 6. The van der Waals surface area contributed by atoms with E-state index in [-0.39, 0.29) is 5.70 Å². The molecule has 0 unspecified atom stereocenters. The summed E-state index contributed by atoms with van der Waals surface area (Å²) in [6.45, 7) is 0. The van der Waals surface area contributed by atoms with Gasteiger partial charge in [-0.2, -0.15) is 0 Å². The van der Waals surface area contributed by atoms with E-state index in [1.165, 1.54) is 18.6 Å². The minimum atomic E-state index is -0.476. The van der Waals surface area contributed by atoms with Crippen LogP contribution in [0.1, 0.15) is 15.9 Å². The fourth-order valence-corrected chi connectivity index (χ4v) is 2.40. The maximum atomic E-state index is 12.7. The van der Waals surface area contributed by atoms with E-state index in [0.717, 1.165) is 5.56 Å². The van der Waals surface area contributed by atoms with Crippen molar-refractivity contribution in [2.75, 3.05) is 0 Å². The second kappa shape index (κ2) is 8.34. The van der Waals surface area contributed by atoms with Gasteiger partial charge in [0.15, 0.2) is 12.1 Å². The lowest BCUT2D eigenvalue weighted by atomic mass is 10.1. The molecule has 0 saturated heterocycles. The lowest BCUT2D eigenvalue weighted by Gasteiger charge is -2.10. The molecule has 3 aromatic heterocycles. The standard InChI is InChI=1S/C19H16N6O2/c20-11-15(14-3-6-21-7-4-14)10-16(12-26)24-19(27)17-2-1-5-23-18(17)25-9-8-22-13-25/h1-13H,20H2,(H,24,27)/b15-11+,16-10+. The van der Waals surface area contributed by atoms with Gasteiger partial charge in [0.1, 0.15) is 6.33 Å². The largest absolute Gasteiger partial charge is 0.404 e.